The van der Waals surface area contributed by atoms with Gasteiger partial charge in [0.25, 0.3) is 0 Å². The summed E-state index contributed by atoms with van der Waals surface area (Å²) in [7, 11) is 0. The van der Waals surface area contributed by atoms with Gasteiger partial charge in [-0.25, -0.2) is 15.0 Å². The molecule has 9 rings (SSSR count). The second kappa shape index (κ2) is 11.8. The highest BCUT2D eigenvalue weighted by Gasteiger charge is 2.43. The van der Waals surface area contributed by atoms with E-state index in [-0.39, 0.29) is 58.1 Å². The molecule has 2 aliphatic rings. The number of hydrogen-bond donors (Lipinski definition) is 0. The van der Waals surface area contributed by atoms with Gasteiger partial charge in [-0.1, -0.05) is 153 Å². The lowest BCUT2D eigenvalue weighted by Crippen LogP contribution is -2.28. The summed E-state index contributed by atoms with van der Waals surface area (Å²) >= 11 is 0. The summed E-state index contributed by atoms with van der Waals surface area (Å²) in [6, 6.07) is 25.6. The van der Waals surface area contributed by atoms with E-state index in [2.05, 4.69) is 15.0 Å². The van der Waals surface area contributed by atoms with Crippen molar-refractivity contribution < 1.29 is 16.4 Å². The van der Waals surface area contributed by atoms with Crippen molar-refractivity contribution in [3.63, 3.8) is 0 Å². The van der Waals surface area contributed by atoms with Gasteiger partial charge < -0.3 is 0 Å². The fourth-order valence-corrected chi connectivity index (χ4v) is 6.63. The highest BCUT2D eigenvalue weighted by Crippen LogP contribution is 2.56. The molecule has 0 unspecified atom stereocenters. The molecule has 0 radical (unpaired) electrons. The highest BCUT2D eigenvalue weighted by molar-refractivity contribution is 5.85. The molecule has 0 atom stereocenters. The van der Waals surface area contributed by atoms with Gasteiger partial charge in [-0.15, -0.1) is 0 Å². The number of nitrogens with zero attached hydrogens (tertiary/aromatic N) is 3. The molecule has 1 aromatic heterocycles. The lowest BCUT2D eigenvalue weighted by atomic mass is 9.67. The summed E-state index contributed by atoms with van der Waals surface area (Å²) in [4.78, 5) is 14.0. The van der Waals surface area contributed by atoms with Gasteiger partial charge in [0.05, 0.1) is 11.0 Å². The topological polar surface area (TPSA) is 38.7 Å². The van der Waals surface area contributed by atoms with Crippen molar-refractivity contribution in [2.24, 2.45) is 0 Å². The van der Waals surface area contributed by atoms with Crippen LogP contribution in [0, 0.1) is 0 Å². The minimum atomic E-state index is -2.03. The van der Waals surface area contributed by atoms with Gasteiger partial charge >= 0.3 is 0 Å². The molecule has 48 heavy (non-hydrogen) atoms. The second-order valence-electron chi connectivity index (χ2n) is 11.8. The van der Waals surface area contributed by atoms with E-state index in [0.29, 0.717) is 39.8 Å². The summed E-state index contributed by atoms with van der Waals surface area (Å²) in [6.07, 6.45) is -3.51. The molecule has 3 heteroatoms. The summed E-state index contributed by atoms with van der Waals surface area (Å²) in [6.45, 7) is 0. The van der Waals surface area contributed by atoms with Crippen LogP contribution in [-0.4, -0.2) is 15.0 Å². The highest BCUT2D eigenvalue weighted by atomic mass is 15.0. The summed E-state index contributed by atoms with van der Waals surface area (Å²) < 4.78 is 111. The van der Waals surface area contributed by atoms with Crippen LogP contribution in [0.15, 0.2) is 151 Å². The SMILES string of the molecule is [2H]c1c([2H])c(-c2ccc3c(c2)C2(c4ccccc4-3)C([2H])([2H])CCCC2([2H])[2H])c([2H])c(-c2c([2H])c([2H])c([2H])c(-c3nc(-c4ccccc4)nc(-c4ccccc4)n3)c2[2H])c1[2H]. The van der Waals surface area contributed by atoms with Gasteiger partial charge in [-0.2, -0.15) is 0 Å². The number of fused-ring (bicyclic) bond motifs is 5. The Balaban J connectivity index is 1.29. The van der Waals surface area contributed by atoms with Gasteiger partial charge in [-0.05, 0) is 75.4 Å². The van der Waals surface area contributed by atoms with Crippen LogP contribution in [0.4, 0.5) is 0 Å². The first-order valence-corrected chi connectivity index (χ1v) is 15.9. The van der Waals surface area contributed by atoms with Crippen LogP contribution in [0.25, 0.3) is 67.5 Å². The van der Waals surface area contributed by atoms with Crippen molar-refractivity contribution in [3.05, 3.63) is 163 Å². The quantitative estimate of drug-likeness (QED) is 0.190. The Morgan fingerprint density at radius 2 is 0.958 bits per heavy atom. The Morgan fingerprint density at radius 1 is 0.458 bits per heavy atom. The average molecular weight is 630 g/mol. The maximum atomic E-state index is 9.62. The lowest BCUT2D eigenvalue weighted by Gasteiger charge is -2.36. The van der Waals surface area contributed by atoms with E-state index in [1.807, 2.05) is 24.3 Å². The molecule has 0 aliphatic heterocycles. The Labute approximate surface area is 298 Å². The van der Waals surface area contributed by atoms with E-state index in [0.717, 1.165) is 0 Å². The molecule has 1 spiro atoms. The van der Waals surface area contributed by atoms with Crippen molar-refractivity contribution in [2.45, 2.75) is 37.4 Å². The Morgan fingerprint density at radius 3 is 1.60 bits per heavy atom. The van der Waals surface area contributed by atoms with E-state index in [1.165, 1.54) is 0 Å². The van der Waals surface area contributed by atoms with Crippen LogP contribution in [0.1, 0.15) is 59.6 Å². The van der Waals surface area contributed by atoms with Crippen molar-refractivity contribution >= 4 is 0 Å². The minimum absolute atomic E-state index is 0.107. The summed E-state index contributed by atoms with van der Waals surface area (Å²) in [5.74, 6) is 0.302. The predicted molar refractivity (Wildman–Crippen MR) is 196 cm³/mol. The third kappa shape index (κ3) is 4.94. The molecule has 0 bridgehead atoms. The third-order valence-electron chi connectivity index (χ3n) is 8.89. The van der Waals surface area contributed by atoms with Crippen molar-refractivity contribution in [2.75, 3.05) is 0 Å². The van der Waals surface area contributed by atoms with E-state index in [1.54, 1.807) is 78.9 Å². The second-order valence-corrected chi connectivity index (χ2v) is 11.8. The molecule has 7 aromatic rings. The standard InChI is InChI=1S/C45H35N3/c1-4-14-31(15-5-1)42-46-43(32-16-6-2-7-17-32)48-44(47-42)37-21-13-20-35(29-37)33-18-12-19-34(28-33)36-24-25-39-38-22-8-9-23-40(38)45(41(39)30-36)26-10-3-11-27-45/h1-2,4-9,12-25,28-30H,3,10-11,26-27H2/i12D,13D,18D,19D,20D,21D,26D2,27D2,28D,29D. The molecule has 1 heterocycles. The normalized spacial score (nSPS) is 20.1. The molecule has 0 amide bonds. The van der Waals surface area contributed by atoms with E-state index < -0.39 is 66.5 Å². The first kappa shape index (κ1) is 18.6. The largest absolute Gasteiger partial charge is 0.208 e. The molecule has 6 aromatic carbocycles. The molecule has 2 aliphatic carbocycles. The zero-order valence-electron chi connectivity index (χ0n) is 37.8. The van der Waals surface area contributed by atoms with Crippen molar-refractivity contribution in [1.29, 1.82) is 0 Å². The molecular weight excluding hydrogens is 583 g/mol. The molecular formula is C45H35N3. The fourth-order valence-electron chi connectivity index (χ4n) is 6.63. The first-order valence-electron chi connectivity index (χ1n) is 21.9. The first-order chi connectivity index (χ1) is 28.6. The molecule has 1 fully saturated rings. The van der Waals surface area contributed by atoms with Crippen molar-refractivity contribution in [1.82, 2.24) is 15.0 Å². The zero-order valence-corrected chi connectivity index (χ0v) is 25.8. The third-order valence-corrected chi connectivity index (χ3v) is 8.89. The Bertz CT molecular complexity index is 2830. The van der Waals surface area contributed by atoms with Crippen LogP contribution in [0.5, 0.6) is 0 Å². The summed E-state index contributed by atoms with van der Waals surface area (Å²) in [5.41, 5.74) is 0.702. The zero-order chi connectivity index (χ0) is 42.5. The maximum Gasteiger partial charge on any atom is 0.164 e. The Hall–Kier alpha value is -5.67. The van der Waals surface area contributed by atoms with Crippen LogP contribution < -0.4 is 0 Å². The van der Waals surface area contributed by atoms with Gasteiger partial charge in [0.1, 0.15) is 0 Å². The predicted octanol–water partition coefficient (Wildman–Crippen LogP) is 11.4. The molecule has 0 N–H and O–H groups in total. The number of aromatic nitrogens is 3. The number of hydrogen-bond acceptors (Lipinski definition) is 3. The van der Waals surface area contributed by atoms with Crippen molar-refractivity contribution in [3.8, 4) is 67.5 Å². The Kier molecular flexibility index (Phi) is 4.59. The van der Waals surface area contributed by atoms with Gasteiger partial charge in [0.2, 0.25) is 0 Å². The van der Waals surface area contributed by atoms with Crippen LogP contribution >= 0.6 is 0 Å². The maximum absolute atomic E-state index is 9.62. The van der Waals surface area contributed by atoms with E-state index in [4.69, 9.17) is 8.22 Å². The minimum Gasteiger partial charge on any atom is -0.208 e. The molecule has 1 saturated carbocycles. The van der Waals surface area contributed by atoms with Gasteiger partial charge in [0, 0.05) is 27.6 Å². The van der Waals surface area contributed by atoms with Gasteiger partial charge in [0.15, 0.2) is 17.5 Å². The number of rotatable bonds is 5. The molecule has 3 nitrogen and oxygen atoms in total. The van der Waals surface area contributed by atoms with E-state index in [9.17, 15) is 8.22 Å². The van der Waals surface area contributed by atoms with Crippen LogP contribution in [0.2, 0.25) is 0 Å². The smallest absolute Gasteiger partial charge is 0.164 e. The number of benzene rings is 6. The summed E-state index contributed by atoms with van der Waals surface area (Å²) in [5, 5.41) is 0. The fraction of sp³-hybridized carbons (Fsp3) is 0.133. The van der Waals surface area contributed by atoms with Crippen LogP contribution in [0.3, 0.4) is 0 Å². The molecule has 230 valence electrons. The lowest BCUT2D eigenvalue weighted by molar-refractivity contribution is 0.353. The van der Waals surface area contributed by atoms with Gasteiger partial charge in [-0.3, -0.25) is 0 Å². The average Bonchev–Trinajstić information content (AvgIpc) is 3.55. The molecule has 0 saturated heterocycles. The monoisotopic (exact) mass is 629 g/mol. The van der Waals surface area contributed by atoms with E-state index >= 15 is 0 Å². The van der Waals surface area contributed by atoms with Crippen LogP contribution in [-0.2, 0) is 5.41 Å².